The molecule has 1 saturated heterocycles. The number of methoxy groups -OCH3 is 1. The van der Waals surface area contributed by atoms with Gasteiger partial charge in [0.1, 0.15) is 16.9 Å². The van der Waals surface area contributed by atoms with Gasteiger partial charge in [-0.1, -0.05) is 18.5 Å². The molecule has 0 spiro atoms. The van der Waals surface area contributed by atoms with Crippen LogP contribution in [-0.2, 0) is 0 Å². The average Bonchev–Trinajstić information content (AvgIpc) is 2.93. The van der Waals surface area contributed by atoms with Crippen molar-refractivity contribution < 1.29 is 13.9 Å². The molecule has 2 rings (SSSR count). The van der Waals surface area contributed by atoms with E-state index in [0.717, 1.165) is 25.9 Å². The van der Waals surface area contributed by atoms with Gasteiger partial charge in [-0.3, -0.25) is 0 Å². The highest BCUT2D eigenvalue weighted by molar-refractivity contribution is 6.33. The largest absolute Gasteiger partial charge is 0.495 e. The van der Waals surface area contributed by atoms with Crippen LogP contribution in [0.15, 0.2) is 12.1 Å². The van der Waals surface area contributed by atoms with Gasteiger partial charge in [-0.05, 0) is 31.5 Å². The van der Waals surface area contributed by atoms with E-state index >= 15 is 0 Å². The lowest BCUT2D eigenvalue weighted by Crippen LogP contribution is -2.28. The Morgan fingerprint density at radius 2 is 2.32 bits per heavy atom. The second kappa shape index (κ2) is 6.44. The normalized spacial score (nSPS) is 20.3. The van der Waals surface area contributed by atoms with Crippen molar-refractivity contribution in [2.45, 2.75) is 25.9 Å². The van der Waals surface area contributed by atoms with Crippen molar-refractivity contribution in [1.29, 1.82) is 0 Å². The van der Waals surface area contributed by atoms with Crippen LogP contribution >= 0.6 is 11.6 Å². The molecule has 1 aliphatic heterocycles. The van der Waals surface area contributed by atoms with Gasteiger partial charge < -0.3 is 14.8 Å². The fourth-order valence-electron chi connectivity index (χ4n) is 2.44. The minimum atomic E-state index is -0.449. The van der Waals surface area contributed by atoms with E-state index in [1.165, 1.54) is 19.2 Å². The molecule has 0 radical (unpaired) electrons. The average molecular weight is 288 g/mol. The molecule has 2 atom stereocenters. The van der Waals surface area contributed by atoms with E-state index < -0.39 is 5.82 Å². The number of benzene rings is 1. The van der Waals surface area contributed by atoms with Crippen LogP contribution in [-0.4, -0.2) is 26.3 Å². The maximum atomic E-state index is 13.9. The van der Waals surface area contributed by atoms with Crippen LogP contribution in [0.1, 0.15) is 19.8 Å². The topological polar surface area (TPSA) is 30.5 Å². The lowest BCUT2D eigenvalue weighted by Gasteiger charge is -2.24. The number of ether oxygens (including phenoxy) is 2. The van der Waals surface area contributed by atoms with Gasteiger partial charge in [0, 0.05) is 12.5 Å². The standard InChI is InChI=1S/C14H19ClFNO2/c1-3-11(9-6-7-17-8-9)19-14-10(16)4-5-12(18-2)13(14)15/h4-5,9,11,17H,3,6-8H2,1-2H3/t9-,11-/m0/s1. The first-order valence-electron chi connectivity index (χ1n) is 6.56. The summed E-state index contributed by atoms with van der Waals surface area (Å²) in [6.07, 6.45) is 1.83. The zero-order chi connectivity index (χ0) is 13.8. The maximum absolute atomic E-state index is 13.9. The van der Waals surface area contributed by atoms with Gasteiger partial charge in [0.25, 0.3) is 0 Å². The molecule has 1 heterocycles. The molecule has 3 nitrogen and oxygen atoms in total. The molecule has 106 valence electrons. The highest BCUT2D eigenvalue weighted by Crippen LogP contribution is 2.37. The molecule has 0 amide bonds. The van der Waals surface area contributed by atoms with Gasteiger partial charge in [-0.15, -0.1) is 0 Å². The summed E-state index contributed by atoms with van der Waals surface area (Å²) in [4.78, 5) is 0. The van der Waals surface area contributed by atoms with Crippen LogP contribution in [0.2, 0.25) is 5.02 Å². The smallest absolute Gasteiger partial charge is 0.177 e. The van der Waals surface area contributed by atoms with Crippen molar-refractivity contribution >= 4 is 11.6 Å². The van der Waals surface area contributed by atoms with E-state index in [-0.39, 0.29) is 16.9 Å². The highest BCUT2D eigenvalue weighted by Gasteiger charge is 2.27. The molecular weight excluding hydrogens is 269 g/mol. The zero-order valence-electron chi connectivity index (χ0n) is 11.2. The predicted octanol–water partition coefficient (Wildman–Crippen LogP) is 3.25. The van der Waals surface area contributed by atoms with Crippen LogP contribution in [0.3, 0.4) is 0 Å². The number of nitrogens with one attached hydrogen (secondary N) is 1. The molecule has 19 heavy (non-hydrogen) atoms. The van der Waals surface area contributed by atoms with E-state index in [9.17, 15) is 4.39 Å². The van der Waals surface area contributed by atoms with E-state index in [1.807, 2.05) is 6.92 Å². The van der Waals surface area contributed by atoms with Crippen molar-refractivity contribution in [3.8, 4) is 11.5 Å². The van der Waals surface area contributed by atoms with Crippen molar-refractivity contribution in [3.05, 3.63) is 23.0 Å². The molecule has 0 aliphatic carbocycles. The number of hydrogen-bond acceptors (Lipinski definition) is 3. The Hall–Kier alpha value is -1.00. The number of rotatable bonds is 5. The summed E-state index contributed by atoms with van der Waals surface area (Å²) in [6.45, 7) is 3.93. The summed E-state index contributed by atoms with van der Waals surface area (Å²) in [5.41, 5.74) is 0. The van der Waals surface area contributed by atoms with Crippen LogP contribution < -0.4 is 14.8 Å². The first kappa shape index (κ1) is 14.4. The van der Waals surface area contributed by atoms with Gasteiger partial charge in [0.15, 0.2) is 11.6 Å². The van der Waals surface area contributed by atoms with Gasteiger partial charge in [-0.25, -0.2) is 4.39 Å². The fourth-order valence-corrected chi connectivity index (χ4v) is 2.71. The third-order valence-electron chi connectivity index (χ3n) is 3.53. The Labute approximate surface area is 118 Å². The lowest BCUT2D eigenvalue weighted by molar-refractivity contribution is 0.132. The molecule has 1 aliphatic rings. The first-order valence-corrected chi connectivity index (χ1v) is 6.94. The minimum Gasteiger partial charge on any atom is -0.495 e. The Balaban J connectivity index is 2.20. The number of hydrogen-bond donors (Lipinski definition) is 1. The molecule has 1 N–H and O–H groups in total. The van der Waals surface area contributed by atoms with Gasteiger partial charge in [-0.2, -0.15) is 0 Å². The summed E-state index contributed by atoms with van der Waals surface area (Å²) < 4.78 is 24.8. The third-order valence-corrected chi connectivity index (χ3v) is 3.89. The predicted molar refractivity (Wildman–Crippen MR) is 73.6 cm³/mol. The van der Waals surface area contributed by atoms with Gasteiger partial charge >= 0.3 is 0 Å². The minimum absolute atomic E-state index is 0.0332. The Morgan fingerprint density at radius 1 is 1.53 bits per heavy atom. The Kier molecular flexibility index (Phi) is 4.88. The van der Waals surface area contributed by atoms with Crippen molar-refractivity contribution in [2.75, 3.05) is 20.2 Å². The van der Waals surface area contributed by atoms with E-state index in [1.54, 1.807) is 0 Å². The lowest BCUT2D eigenvalue weighted by atomic mass is 9.99. The molecule has 0 bridgehead atoms. The summed E-state index contributed by atoms with van der Waals surface area (Å²) in [5, 5.41) is 3.49. The first-order chi connectivity index (χ1) is 9.17. The number of halogens is 2. The van der Waals surface area contributed by atoms with Crippen molar-refractivity contribution in [3.63, 3.8) is 0 Å². The van der Waals surface area contributed by atoms with Crippen LogP contribution in [0.5, 0.6) is 11.5 Å². The molecule has 1 fully saturated rings. The Morgan fingerprint density at radius 3 is 2.89 bits per heavy atom. The van der Waals surface area contributed by atoms with Crippen LogP contribution in [0.25, 0.3) is 0 Å². The molecule has 1 aromatic carbocycles. The molecular formula is C14H19ClFNO2. The summed E-state index contributed by atoms with van der Waals surface area (Å²) in [7, 11) is 1.50. The van der Waals surface area contributed by atoms with Crippen molar-refractivity contribution in [2.24, 2.45) is 5.92 Å². The second-order valence-corrected chi connectivity index (χ2v) is 5.09. The van der Waals surface area contributed by atoms with E-state index in [4.69, 9.17) is 21.1 Å². The Bertz CT molecular complexity index is 436. The summed E-state index contributed by atoms with van der Waals surface area (Å²) in [5.74, 6) is 0.471. The quantitative estimate of drug-likeness (QED) is 0.902. The van der Waals surface area contributed by atoms with Gasteiger partial charge in [0.2, 0.25) is 0 Å². The molecule has 5 heteroatoms. The zero-order valence-corrected chi connectivity index (χ0v) is 12.0. The highest BCUT2D eigenvalue weighted by atomic mass is 35.5. The van der Waals surface area contributed by atoms with Crippen molar-refractivity contribution in [1.82, 2.24) is 5.32 Å². The molecule has 1 aromatic rings. The molecule has 0 aromatic heterocycles. The second-order valence-electron chi connectivity index (χ2n) is 4.71. The van der Waals surface area contributed by atoms with Crippen LogP contribution in [0.4, 0.5) is 4.39 Å². The third kappa shape index (κ3) is 3.12. The van der Waals surface area contributed by atoms with Crippen LogP contribution in [0, 0.1) is 11.7 Å². The van der Waals surface area contributed by atoms with Gasteiger partial charge in [0.05, 0.1) is 7.11 Å². The molecule has 0 saturated carbocycles. The van der Waals surface area contributed by atoms with E-state index in [2.05, 4.69) is 5.32 Å². The monoisotopic (exact) mass is 287 g/mol. The summed E-state index contributed by atoms with van der Waals surface area (Å²) >= 11 is 6.12. The van der Waals surface area contributed by atoms with E-state index in [0.29, 0.717) is 11.7 Å². The fraction of sp³-hybridized carbons (Fsp3) is 0.571. The summed E-state index contributed by atoms with van der Waals surface area (Å²) in [6, 6.07) is 2.82. The SMILES string of the molecule is CC[C@H](Oc1c(F)ccc(OC)c1Cl)[C@H]1CCNC1. The molecule has 0 unspecified atom stereocenters. The maximum Gasteiger partial charge on any atom is 0.177 e.